The van der Waals surface area contributed by atoms with Gasteiger partial charge in [0.2, 0.25) is 0 Å². The molecule has 1 heterocycles. The van der Waals surface area contributed by atoms with Crippen LogP contribution in [0, 0.1) is 0 Å². The number of nitrogens with zero attached hydrogens (tertiary/aromatic N) is 1. The normalized spacial score (nSPS) is 8.67. The Bertz CT molecular complexity index is 179. The fourth-order valence-electron chi connectivity index (χ4n) is 0.376. The third-order valence-electron chi connectivity index (χ3n) is 0.813. The van der Waals surface area contributed by atoms with E-state index in [0.717, 1.165) is 5.56 Å². The topological polar surface area (TPSA) is 52.0 Å². The van der Waals surface area contributed by atoms with Gasteiger partial charge in [0.15, 0.2) is 4.60 Å². The number of rotatable bonds is 1. The summed E-state index contributed by atoms with van der Waals surface area (Å²) in [4.78, 5) is 0. The Hall–Kier alpha value is -0.0600. The van der Waals surface area contributed by atoms with Gasteiger partial charge in [0.25, 0.3) is 0 Å². The Morgan fingerprint density at radius 2 is 2.44 bits per heavy atom. The monoisotopic (exact) mass is 212 g/mol. The molecule has 0 unspecified atom stereocenters. The summed E-state index contributed by atoms with van der Waals surface area (Å²) in [5.74, 6) is 0. The van der Waals surface area contributed by atoms with Gasteiger partial charge in [-0.15, -0.1) is 12.4 Å². The highest BCUT2D eigenvalue weighted by Gasteiger charge is 1.98. The van der Waals surface area contributed by atoms with Crippen LogP contribution in [0.4, 0.5) is 0 Å². The van der Waals surface area contributed by atoms with E-state index in [0.29, 0.717) is 11.1 Å². The highest BCUT2D eigenvalue weighted by Crippen LogP contribution is 2.11. The van der Waals surface area contributed by atoms with E-state index in [4.69, 9.17) is 5.73 Å². The van der Waals surface area contributed by atoms with Gasteiger partial charge in [-0.25, -0.2) is 0 Å². The Kier molecular flexibility index (Phi) is 3.84. The molecule has 0 amide bonds. The molecule has 3 nitrogen and oxygen atoms in total. The lowest BCUT2D eigenvalue weighted by Crippen LogP contribution is -1.94. The maximum Gasteiger partial charge on any atom is 0.153 e. The van der Waals surface area contributed by atoms with Crippen molar-refractivity contribution in [3.63, 3.8) is 0 Å². The molecule has 0 atom stereocenters. The summed E-state index contributed by atoms with van der Waals surface area (Å²) in [5.41, 5.74) is 6.16. The molecule has 0 saturated heterocycles. The molecule has 1 aromatic rings. The van der Waals surface area contributed by atoms with Gasteiger partial charge in [-0.3, -0.25) is 0 Å². The summed E-state index contributed by atoms with van der Waals surface area (Å²) in [7, 11) is 0. The van der Waals surface area contributed by atoms with Gasteiger partial charge in [-0.05, 0) is 15.9 Å². The van der Waals surface area contributed by atoms with Gasteiger partial charge >= 0.3 is 0 Å². The number of hydrogen-bond acceptors (Lipinski definition) is 3. The summed E-state index contributed by atoms with van der Waals surface area (Å²) in [5, 5.41) is 3.55. The van der Waals surface area contributed by atoms with Crippen molar-refractivity contribution in [1.82, 2.24) is 5.16 Å². The predicted molar refractivity (Wildman–Crippen MR) is 39.3 cm³/mol. The number of aromatic nitrogens is 1. The minimum Gasteiger partial charge on any atom is -0.363 e. The van der Waals surface area contributed by atoms with E-state index < -0.39 is 0 Å². The molecule has 0 aliphatic heterocycles. The lowest BCUT2D eigenvalue weighted by atomic mass is 10.4. The average Bonchev–Trinajstić information content (AvgIpc) is 2.14. The lowest BCUT2D eigenvalue weighted by Gasteiger charge is -1.81. The Labute approximate surface area is 67.1 Å². The van der Waals surface area contributed by atoms with Crippen molar-refractivity contribution in [2.75, 3.05) is 0 Å². The molecule has 5 heteroatoms. The maximum absolute atomic E-state index is 5.27. The standard InChI is InChI=1S/C4H5BrN2O.ClH/c5-4-3(1-6)2-8-7-4;/h2H,1,6H2;1H. The summed E-state index contributed by atoms with van der Waals surface area (Å²) in [6.45, 7) is 0.462. The summed E-state index contributed by atoms with van der Waals surface area (Å²) in [6, 6.07) is 0. The van der Waals surface area contributed by atoms with Gasteiger partial charge in [-0.2, -0.15) is 0 Å². The number of nitrogens with two attached hydrogens (primary N) is 1. The molecule has 0 aromatic carbocycles. The molecule has 0 radical (unpaired) electrons. The van der Waals surface area contributed by atoms with Crippen LogP contribution in [-0.4, -0.2) is 5.16 Å². The van der Waals surface area contributed by atoms with Crippen molar-refractivity contribution >= 4 is 28.3 Å². The lowest BCUT2D eigenvalue weighted by molar-refractivity contribution is 0.415. The average molecular weight is 213 g/mol. The first-order chi connectivity index (χ1) is 3.84. The van der Waals surface area contributed by atoms with E-state index in [9.17, 15) is 0 Å². The SMILES string of the molecule is Cl.NCc1conc1Br. The molecule has 9 heavy (non-hydrogen) atoms. The zero-order valence-electron chi connectivity index (χ0n) is 4.50. The van der Waals surface area contributed by atoms with Crippen LogP contribution in [0.25, 0.3) is 0 Å². The van der Waals surface area contributed by atoms with E-state index >= 15 is 0 Å². The predicted octanol–water partition coefficient (Wildman–Crippen LogP) is 1.32. The molecule has 0 saturated carbocycles. The van der Waals surface area contributed by atoms with Crippen LogP contribution in [0.3, 0.4) is 0 Å². The minimum absolute atomic E-state index is 0. The fourth-order valence-corrected chi connectivity index (χ4v) is 0.715. The molecular formula is C4H6BrClN2O. The van der Waals surface area contributed by atoms with Crippen molar-refractivity contribution in [2.45, 2.75) is 6.54 Å². The van der Waals surface area contributed by atoms with E-state index in [2.05, 4.69) is 25.6 Å². The molecule has 52 valence electrons. The van der Waals surface area contributed by atoms with Crippen LogP contribution in [0.2, 0.25) is 0 Å². The van der Waals surface area contributed by atoms with E-state index in [1.54, 1.807) is 0 Å². The first-order valence-corrected chi connectivity index (χ1v) is 2.92. The van der Waals surface area contributed by atoms with Gasteiger partial charge in [0.1, 0.15) is 6.26 Å². The molecule has 1 rings (SSSR count). The van der Waals surface area contributed by atoms with Crippen molar-refractivity contribution in [3.8, 4) is 0 Å². The highest BCUT2D eigenvalue weighted by atomic mass is 79.9. The second-order valence-corrected chi connectivity index (χ2v) is 2.09. The summed E-state index contributed by atoms with van der Waals surface area (Å²) in [6.07, 6.45) is 1.52. The molecule has 2 N–H and O–H groups in total. The molecule has 0 fully saturated rings. The molecular weight excluding hydrogens is 207 g/mol. The van der Waals surface area contributed by atoms with Crippen LogP contribution in [-0.2, 0) is 6.54 Å². The van der Waals surface area contributed by atoms with E-state index in [1.165, 1.54) is 6.26 Å². The van der Waals surface area contributed by atoms with Crippen molar-refractivity contribution in [2.24, 2.45) is 5.73 Å². The van der Waals surface area contributed by atoms with Crippen LogP contribution in [0.15, 0.2) is 15.4 Å². The fraction of sp³-hybridized carbons (Fsp3) is 0.250. The molecule has 0 bridgehead atoms. The van der Waals surface area contributed by atoms with E-state index in [-0.39, 0.29) is 12.4 Å². The van der Waals surface area contributed by atoms with Crippen molar-refractivity contribution in [1.29, 1.82) is 0 Å². The molecule has 0 aliphatic carbocycles. The summed E-state index contributed by atoms with van der Waals surface area (Å²) >= 11 is 3.14. The Morgan fingerprint density at radius 3 is 2.67 bits per heavy atom. The quantitative estimate of drug-likeness (QED) is 0.765. The Morgan fingerprint density at radius 1 is 1.78 bits per heavy atom. The first-order valence-electron chi connectivity index (χ1n) is 2.13. The van der Waals surface area contributed by atoms with Crippen molar-refractivity contribution in [3.05, 3.63) is 16.4 Å². The third-order valence-corrected chi connectivity index (χ3v) is 1.47. The smallest absolute Gasteiger partial charge is 0.153 e. The maximum atomic E-state index is 5.27. The van der Waals surface area contributed by atoms with Crippen LogP contribution >= 0.6 is 28.3 Å². The highest BCUT2D eigenvalue weighted by molar-refractivity contribution is 9.10. The Balaban J connectivity index is 0.000000640. The number of hydrogen-bond donors (Lipinski definition) is 1. The first kappa shape index (κ1) is 8.94. The molecule has 0 aliphatic rings. The zero-order valence-corrected chi connectivity index (χ0v) is 6.91. The van der Waals surface area contributed by atoms with Gasteiger partial charge in [0.05, 0.1) is 0 Å². The third kappa shape index (κ3) is 1.97. The number of halogens is 2. The second kappa shape index (κ2) is 3.87. The van der Waals surface area contributed by atoms with Gasteiger partial charge in [0, 0.05) is 12.1 Å². The largest absolute Gasteiger partial charge is 0.363 e. The van der Waals surface area contributed by atoms with Crippen molar-refractivity contribution < 1.29 is 4.52 Å². The second-order valence-electron chi connectivity index (χ2n) is 1.33. The van der Waals surface area contributed by atoms with E-state index in [1.807, 2.05) is 0 Å². The van der Waals surface area contributed by atoms with Crippen LogP contribution < -0.4 is 5.73 Å². The summed E-state index contributed by atoms with van der Waals surface area (Å²) < 4.78 is 5.25. The van der Waals surface area contributed by atoms with Gasteiger partial charge < -0.3 is 10.3 Å². The van der Waals surface area contributed by atoms with Gasteiger partial charge in [-0.1, -0.05) is 5.16 Å². The van der Waals surface area contributed by atoms with Crippen LogP contribution in [0.1, 0.15) is 5.56 Å². The molecule has 0 spiro atoms. The zero-order chi connectivity index (χ0) is 5.98. The minimum atomic E-state index is 0. The molecule has 1 aromatic heterocycles. The van der Waals surface area contributed by atoms with Crippen LogP contribution in [0.5, 0.6) is 0 Å².